The van der Waals surface area contributed by atoms with Gasteiger partial charge in [0.1, 0.15) is 5.75 Å². The van der Waals surface area contributed by atoms with Crippen LogP contribution in [-0.2, 0) is 14.8 Å². The van der Waals surface area contributed by atoms with Gasteiger partial charge in [-0.25, -0.2) is 14.8 Å². The van der Waals surface area contributed by atoms with E-state index in [1.54, 1.807) is 0 Å². The lowest BCUT2D eigenvalue weighted by molar-refractivity contribution is -0.0429. The van der Waals surface area contributed by atoms with Crippen molar-refractivity contribution < 1.29 is 35.9 Å². The minimum absolute atomic E-state index is 0.0124. The van der Waals surface area contributed by atoms with Crippen LogP contribution in [0.25, 0.3) is 0 Å². The van der Waals surface area contributed by atoms with E-state index >= 15 is 0 Å². The molecule has 1 aromatic carbocycles. The minimum atomic E-state index is -5.71. The van der Waals surface area contributed by atoms with Crippen LogP contribution in [0.15, 0.2) is 36.7 Å². The monoisotopic (exact) mass is 377 g/mol. The zero-order chi connectivity index (χ0) is 18.7. The zero-order valence-corrected chi connectivity index (χ0v) is 13.3. The van der Waals surface area contributed by atoms with Crippen LogP contribution in [-0.4, -0.2) is 37.0 Å². The standard InChI is InChI=1S/C13H10F3N3O5S/c1-23-11(20)9-7-8(24-12-17-5-2-6-18-12)3-4-10(9)19-25(21,22)13(14,15)16/h2-7,19H,1H3. The van der Waals surface area contributed by atoms with Crippen LogP contribution in [0.1, 0.15) is 10.4 Å². The highest BCUT2D eigenvalue weighted by molar-refractivity contribution is 7.93. The number of anilines is 1. The number of esters is 1. The third-order valence-corrected chi connectivity index (χ3v) is 3.79. The summed E-state index contributed by atoms with van der Waals surface area (Å²) in [6.45, 7) is 0. The Bertz CT molecular complexity index is 872. The number of hydrogen-bond donors (Lipinski definition) is 1. The molecule has 0 amide bonds. The molecule has 0 aliphatic carbocycles. The van der Waals surface area contributed by atoms with Crippen LogP contribution in [0.5, 0.6) is 11.8 Å². The highest BCUT2D eigenvalue weighted by Crippen LogP contribution is 2.30. The molecule has 1 N–H and O–H groups in total. The van der Waals surface area contributed by atoms with Gasteiger partial charge in [-0.05, 0) is 24.3 Å². The van der Waals surface area contributed by atoms with Crippen LogP contribution in [0, 0.1) is 0 Å². The summed E-state index contributed by atoms with van der Waals surface area (Å²) in [4.78, 5) is 19.3. The molecule has 8 nitrogen and oxygen atoms in total. The Hall–Kier alpha value is -2.89. The van der Waals surface area contributed by atoms with E-state index in [2.05, 4.69) is 14.7 Å². The van der Waals surface area contributed by atoms with Crippen molar-refractivity contribution in [2.75, 3.05) is 11.8 Å². The van der Waals surface area contributed by atoms with Crippen LogP contribution < -0.4 is 9.46 Å². The van der Waals surface area contributed by atoms with Gasteiger partial charge in [-0.2, -0.15) is 21.6 Å². The molecule has 0 spiro atoms. The lowest BCUT2D eigenvalue weighted by atomic mass is 10.2. The quantitative estimate of drug-likeness (QED) is 0.797. The maximum absolute atomic E-state index is 12.5. The first-order valence-corrected chi connectivity index (χ1v) is 7.88. The summed E-state index contributed by atoms with van der Waals surface area (Å²) in [6, 6.07) is 4.50. The summed E-state index contributed by atoms with van der Waals surface area (Å²) in [6.07, 6.45) is 2.77. The molecule has 0 saturated heterocycles. The van der Waals surface area contributed by atoms with Gasteiger partial charge in [0.15, 0.2) is 0 Å². The van der Waals surface area contributed by atoms with E-state index in [9.17, 15) is 26.4 Å². The van der Waals surface area contributed by atoms with Gasteiger partial charge in [-0.3, -0.25) is 4.72 Å². The number of methoxy groups -OCH3 is 1. The van der Waals surface area contributed by atoms with E-state index in [4.69, 9.17) is 4.74 Å². The Morgan fingerprint density at radius 3 is 2.40 bits per heavy atom. The number of aromatic nitrogens is 2. The molecule has 0 aliphatic rings. The number of nitrogens with zero attached hydrogens (tertiary/aromatic N) is 2. The molecule has 0 radical (unpaired) electrons. The average Bonchev–Trinajstić information content (AvgIpc) is 2.55. The Morgan fingerprint density at radius 2 is 1.84 bits per heavy atom. The maximum atomic E-state index is 12.5. The van der Waals surface area contributed by atoms with Crippen molar-refractivity contribution in [1.29, 1.82) is 0 Å². The number of halogens is 3. The molecule has 0 saturated carbocycles. The van der Waals surface area contributed by atoms with Crippen LogP contribution in [0.2, 0.25) is 0 Å². The Labute approximate surface area is 139 Å². The van der Waals surface area contributed by atoms with Gasteiger partial charge in [-0.15, -0.1) is 0 Å². The first-order valence-electron chi connectivity index (χ1n) is 6.40. The fraction of sp³-hybridized carbons (Fsp3) is 0.154. The number of rotatable bonds is 5. The second-order valence-electron chi connectivity index (χ2n) is 4.38. The first kappa shape index (κ1) is 18.4. The molecule has 12 heteroatoms. The van der Waals surface area contributed by atoms with E-state index in [-0.39, 0.29) is 11.8 Å². The zero-order valence-electron chi connectivity index (χ0n) is 12.4. The van der Waals surface area contributed by atoms with Gasteiger partial charge in [-0.1, -0.05) is 0 Å². The van der Waals surface area contributed by atoms with E-state index in [0.29, 0.717) is 0 Å². The molecule has 2 aromatic rings. The van der Waals surface area contributed by atoms with Crippen molar-refractivity contribution in [2.45, 2.75) is 5.51 Å². The number of benzene rings is 1. The molecule has 0 unspecified atom stereocenters. The number of ether oxygens (including phenoxy) is 2. The van der Waals surface area contributed by atoms with Gasteiger partial charge < -0.3 is 9.47 Å². The Morgan fingerprint density at radius 1 is 1.20 bits per heavy atom. The summed E-state index contributed by atoms with van der Waals surface area (Å²) >= 11 is 0. The van der Waals surface area contributed by atoms with Crippen molar-refractivity contribution in [3.63, 3.8) is 0 Å². The van der Waals surface area contributed by atoms with Crippen molar-refractivity contribution in [1.82, 2.24) is 9.97 Å². The van der Waals surface area contributed by atoms with Crippen molar-refractivity contribution in [3.8, 4) is 11.8 Å². The van der Waals surface area contributed by atoms with Crippen LogP contribution in [0.4, 0.5) is 18.9 Å². The lowest BCUT2D eigenvalue weighted by Crippen LogP contribution is -2.30. The molecule has 0 fully saturated rings. The lowest BCUT2D eigenvalue weighted by Gasteiger charge is -2.14. The second-order valence-corrected chi connectivity index (χ2v) is 6.06. The molecule has 134 valence electrons. The van der Waals surface area contributed by atoms with Crippen LogP contribution in [0.3, 0.4) is 0 Å². The van der Waals surface area contributed by atoms with E-state index in [1.807, 2.05) is 0 Å². The summed E-state index contributed by atoms with van der Waals surface area (Å²) in [5.41, 5.74) is -6.65. The summed E-state index contributed by atoms with van der Waals surface area (Å²) < 4.78 is 70.9. The number of carbonyl (C=O) groups excluding carboxylic acids is 1. The van der Waals surface area contributed by atoms with Gasteiger partial charge in [0.2, 0.25) is 0 Å². The molecular formula is C13H10F3N3O5S. The second kappa shape index (κ2) is 6.93. The highest BCUT2D eigenvalue weighted by atomic mass is 32.2. The highest BCUT2D eigenvalue weighted by Gasteiger charge is 2.46. The van der Waals surface area contributed by atoms with E-state index < -0.39 is 32.8 Å². The average molecular weight is 377 g/mol. The summed E-state index contributed by atoms with van der Waals surface area (Å²) in [5.74, 6) is -1.08. The first-order chi connectivity index (χ1) is 11.6. The Balaban J connectivity index is 2.39. The number of alkyl halides is 3. The topological polar surface area (TPSA) is 107 Å². The fourth-order valence-corrected chi connectivity index (χ4v) is 2.18. The number of carbonyl (C=O) groups is 1. The molecule has 25 heavy (non-hydrogen) atoms. The number of hydrogen-bond acceptors (Lipinski definition) is 7. The van der Waals surface area contributed by atoms with Crippen molar-refractivity contribution in [2.24, 2.45) is 0 Å². The predicted octanol–water partition coefficient (Wildman–Crippen LogP) is 2.32. The van der Waals surface area contributed by atoms with E-state index in [1.165, 1.54) is 23.2 Å². The summed E-state index contributed by atoms with van der Waals surface area (Å²) in [5, 5.41) is 0. The molecular weight excluding hydrogens is 367 g/mol. The maximum Gasteiger partial charge on any atom is 0.516 e. The third-order valence-electron chi connectivity index (χ3n) is 2.70. The molecule has 0 atom stereocenters. The smallest absolute Gasteiger partial charge is 0.465 e. The third kappa shape index (κ3) is 4.35. The largest absolute Gasteiger partial charge is 0.516 e. The molecule has 2 rings (SSSR count). The summed E-state index contributed by atoms with van der Waals surface area (Å²) in [7, 11) is -4.73. The molecule has 1 heterocycles. The number of nitrogens with one attached hydrogen (secondary N) is 1. The fourth-order valence-electron chi connectivity index (χ4n) is 1.60. The SMILES string of the molecule is COC(=O)c1cc(Oc2ncccn2)ccc1NS(=O)(=O)C(F)(F)F. The van der Waals surface area contributed by atoms with Gasteiger partial charge in [0.25, 0.3) is 0 Å². The van der Waals surface area contributed by atoms with Gasteiger partial charge in [0.05, 0.1) is 18.4 Å². The Kier molecular flexibility index (Phi) is 5.11. The minimum Gasteiger partial charge on any atom is -0.465 e. The van der Waals surface area contributed by atoms with Gasteiger partial charge >= 0.3 is 27.5 Å². The molecule has 1 aromatic heterocycles. The van der Waals surface area contributed by atoms with Crippen molar-refractivity contribution >= 4 is 21.7 Å². The van der Waals surface area contributed by atoms with Crippen molar-refractivity contribution in [3.05, 3.63) is 42.2 Å². The normalized spacial score (nSPS) is 11.7. The molecule has 0 bridgehead atoms. The molecule has 0 aliphatic heterocycles. The van der Waals surface area contributed by atoms with E-state index in [0.717, 1.165) is 25.3 Å². The predicted molar refractivity (Wildman–Crippen MR) is 78.5 cm³/mol. The number of sulfonamides is 1. The van der Waals surface area contributed by atoms with Gasteiger partial charge in [0, 0.05) is 12.4 Å². The van der Waals surface area contributed by atoms with Crippen LogP contribution >= 0.6 is 0 Å².